The molecule has 4 rings (SSSR count). The Hall–Kier alpha value is -2.83. The average molecular weight is 370 g/mol. The second kappa shape index (κ2) is 6.11. The Labute approximate surface area is 156 Å². The number of nitrogens with one attached hydrogen (secondary N) is 1. The van der Waals surface area contributed by atoms with Crippen LogP contribution in [0.2, 0.25) is 0 Å². The van der Waals surface area contributed by atoms with Crippen LogP contribution in [0.4, 0.5) is 10.1 Å². The Bertz CT molecular complexity index is 966. The number of aromatic nitrogens is 1. The number of aromatic amines is 1. The molecule has 0 radical (unpaired) electrons. The number of carbonyl (C=O) groups is 2. The van der Waals surface area contributed by atoms with Crippen molar-refractivity contribution in [2.75, 3.05) is 31.1 Å². The first-order chi connectivity index (χ1) is 12.8. The SMILES string of the molecule is C=CC(=O)N1C[C@@H]2CN(c3c(F)cc(C(N)=O)c4[nH]c(C)c(C)c34)C[C@@H]2C1. The fourth-order valence-corrected chi connectivity index (χ4v) is 4.59. The number of hydrogen-bond donors (Lipinski definition) is 2. The molecule has 0 saturated carbocycles. The quantitative estimate of drug-likeness (QED) is 0.812. The Morgan fingerprint density at radius 3 is 2.44 bits per heavy atom. The van der Waals surface area contributed by atoms with Gasteiger partial charge in [0.15, 0.2) is 0 Å². The highest BCUT2D eigenvalue weighted by atomic mass is 19.1. The molecule has 1 aromatic heterocycles. The van der Waals surface area contributed by atoms with E-state index in [0.29, 0.717) is 49.2 Å². The molecule has 2 aromatic rings. The van der Waals surface area contributed by atoms with E-state index in [0.717, 1.165) is 16.6 Å². The van der Waals surface area contributed by atoms with E-state index >= 15 is 4.39 Å². The first-order valence-corrected chi connectivity index (χ1v) is 9.09. The minimum atomic E-state index is -0.649. The van der Waals surface area contributed by atoms with Crippen LogP contribution in [0, 0.1) is 31.5 Å². The van der Waals surface area contributed by atoms with Gasteiger partial charge in [-0.15, -0.1) is 0 Å². The molecule has 142 valence electrons. The summed E-state index contributed by atoms with van der Waals surface area (Å²) < 4.78 is 15.1. The summed E-state index contributed by atoms with van der Waals surface area (Å²) in [5, 5.41) is 0.722. The van der Waals surface area contributed by atoms with E-state index in [9.17, 15) is 9.59 Å². The lowest BCUT2D eigenvalue weighted by atomic mass is 10.0. The van der Waals surface area contributed by atoms with Gasteiger partial charge in [-0.3, -0.25) is 9.59 Å². The van der Waals surface area contributed by atoms with E-state index in [1.165, 1.54) is 12.1 Å². The number of rotatable bonds is 3. The van der Waals surface area contributed by atoms with E-state index < -0.39 is 11.7 Å². The van der Waals surface area contributed by atoms with Gasteiger partial charge in [0, 0.05) is 49.1 Å². The van der Waals surface area contributed by atoms with Crippen LogP contribution >= 0.6 is 0 Å². The number of amides is 2. The van der Waals surface area contributed by atoms with Crippen LogP contribution < -0.4 is 10.6 Å². The number of halogens is 1. The molecule has 2 amide bonds. The summed E-state index contributed by atoms with van der Waals surface area (Å²) in [5.41, 5.74) is 8.55. The van der Waals surface area contributed by atoms with Crippen LogP contribution in [0.3, 0.4) is 0 Å². The van der Waals surface area contributed by atoms with E-state index in [4.69, 9.17) is 5.73 Å². The van der Waals surface area contributed by atoms with E-state index in [-0.39, 0.29) is 11.5 Å². The van der Waals surface area contributed by atoms with E-state index in [2.05, 4.69) is 11.6 Å². The number of carbonyl (C=O) groups excluding carboxylic acids is 2. The number of nitrogens with two attached hydrogens (primary N) is 1. The van der Waals surface area contributed by atoms with Gasteiger partial charge in [-0.2, -0.15) is 0 Å². The number of H-pyrrole nitrogens is 1. The number of nitrogens with zero attached hydrogens (tertiary/aromatic N) is 2. The lowest BCUT2D eigenvalue weighted by Gasteiger charge is -2.24. The Balaban J connectivity index is 1.73. The molecule has 0 unspecified atom stereocenters. The number of fused-ring (bicyclic) bond motifs is 2. The predicted octanol–water partition coefficient (Wildman–Crippen LogP) is 2.10. The Kier molecular flexibility index (Phi) is 3.98. The maximum absolute atomic E-state index is 15.1. The molecule has 0 bridgehead atoms. The van der Waals surface area contributed by atoms with Gasteiger partial charge in [0.05, 0.1) is 16.8 Å². The van der Waals surface area contributed by atoms with Crippen LogP contribution in [0.25, 0.3) is 10.9 Å². The van der Waals surface area contributed by atoms with Crippen LogP contribution in [0.15, 0.2) is 18.7 Å². The second-order valence-corrected chi connectivity index (χ2v) is 7.62. The normalized spacial score (nSPS) is 21.7. The van der Waals surface area contributed by atoms with E-state index in [1.807, 2.05) is 23.6 Å². The zero-order chi connectivity index (χ0) is 19.5. The molecule has 2 atom stereocenters. The van der Waals surface area contributed by atoms with Crippen molar-refractivity contribution >= 4 is 28.4 Å². The molecule has 2 aliphatic rings. The molecule has 3 N–H and O–H groups in total. The third-order valence-electron chi connectivity index (χ3n) is 6.06. The summed E-state index contributed by atoms with van der Waals surface area (Å²) in [4.78, 5) is 30.7. The van der Waals surface area contributed by atoms with Crippen molar-refractivity contribution in [3.63, 3.8) is 0 Å². The van der Waals surface area contributed by atoms with Crippen LogP contribution in [-0.4, -0.2) is 47.9 Å². The first-order valence-electron chi connectivity index (χ1n) is 9.09. The number of aryl methyl sites for hydroxylation is 2. The van der Waals surface area contributed by atoms with Crippen molar-refractivity contribution in [2.24, 2.45) is 17.6 Å². The molecule has 3 heterocycles. The fraction of sp³-hybridized carbons (Fsp3) is 0.400. The van der Waals surface area contributed by atoms with Gasteiger partial charge in [-0.1, -0.05) is 6.58 Å². The predicted molar refractivity (Wildman–Crippen MR) is 102 cm³/mol. The molecule has 0 spiro atoms. The third-order valence-corrected chi connectivity index (χ3v) is 6.06. The summed E-state index contributed by atoms with van der Waals surface area (Å²) in [7, 11) is 0. The molecule has 0 aliphatic carbocycles. The number of primary amides is 1. The average Bonchev–Trinajstić information content (AvgIpc) is 3.27. The lowest BCUT2D eigenvalue weighted by Crippen LogP contribution is -2.32. The smallest absolute Gasteiger partial charge is 0.250 e. The van der Waals surface area contributed by atoms with Crippen LogP contribution in [-0.2, 0) is 4.79 Å². The van der Waals surface area contributed by atoms with Crippen molar-refractivity contribution in [1.29, 1.82) is 0 Å². The number of anilines is 1. The highest BCUT2D eigenvalue weighted by molar-refractivity contribution is 6.10. The molecule has 1 aromatic carbocycles. The first kappa shape index (κ1) is 17.6. The molecular formula is C20H23FN4O2. The molecule has 2 fully saturated rings. The maximum atomic E-state index is 15.1. The molecular weight excluding hydrogens is 347 g/mol. The van der Waals surface area contributed by atoms with Gasteiger partial charge in [-0.25, -0.2) is 4.39 Å². The summed E-state index contributed by atoms with van der Waals surface area (Å²) >= 11 is 0. The minimum Gasteiger partial charge on any atom is -0.368 e. The summed E-state index contributed by atoms with van der Waals surface area (Å²) in [6.45, 7) is 10.1. The van der Waals surface area contributed by atoms with Crippen molar-refractivity contribution in [2.45, 2.75) is 13.8 Å². The third kappa shape index (κ3) is 2.60. The molecule has 6 nitrogen and oxygen atoms in total. The highest BCUT2D eigenvalue weighted by Crippen LogP contribution is 2.41. The topological polar surface area (TPSA) is 82.4 Å². The van der Waals surface area contributed by atoms with Gasteiger partial charge in [0.1, 0.15) is 5.82 Å². The molecule has 27 heavy (non-hydrogen) atoms. The number of likely N-dealkylation sites (tertiary alicyclic amines) is 1. The van der Waals surface area contributed by atoms with Crippen LogP contribution in [0.5, 0.6) is 0 Å². The van der Waals surface area contributed by atoms with Gasteiger partial charge in [0.2, 0.25) is 5.91 Å². The van der Waals surface area contributed by atoms with Crippen LogP contribution in [0.1, 0.15) is 21.6 Å². The van der Waals surface area contributed by atoms with Crippen molar-refractivity contribution in [1.82, 2.24) is 9.88 Å². The Morgan fingerprint density at radius 2 is 1.89 bits per heavy atom. The number of hydrogen-bond acceptors (Lipinski definition) is 3. The molecule has 2 saturated heterocycles. The molecule has 2 aliphatic heterocycles. The van der Waals surface area contributed by atoms with Crippen molar-refractivity contribution in [3.8, 4) is 0 Å². The van der Waals surface area contributed by atoms with Crippen molar-refractivity contribution < 1.29 is 14.0 Å². The number of benzene rings is 1. The summed E-state index contributed by atoms with van der Waals surface area (Å²) in [5.74, 6) is -0.521. The fourth-order valence-electron chi connectivity index (χ4n) is 4.59. The second-order valence-electron chi connectivity index (χ2n) is 7.62. The zero-order valence-corrected chi connectivity index (χ0v) is 15.5. The standard InChI is InChI=1S/C20H23FN4O2/c1-4-16(26)24-6-12-8-25(9-13(12)7-24)19-15(21)5-14(20(22)27)18-17(19)10(2)11(3)23-18/h4-5,12-13,23H,1,6-9H2,2-3H3,(H2,22,27)/t12-,13+. The summed E-state index contributed by atoms with van der Waals surface area (Å²) in [6.07, 6.45) is 1.34. The van der Waals surface area contributed by atoms with Gasteiger partial charge >= 0.3 is 0 Å². The zero-order valence-electron chi connectivity index (χ0n) is 15.5. The Morgan fingerprint density at radius 1 is 1.26 bits per heavy atom. The van der Waals surface area contributed by atoms with Gasteiger partial charge in [0.25, 0.3) is 5.91 Å². The van der Waals surface area contributed by atoms with Crippen molar-refractivity contribution in [3.05, 3.63) is 41.4 Å². The minimum absolute atomic E-state index is 0.0487. The molecule has 7 heteroatoms. The van der Waals surface area contributed by atoms with Gasteiger partial charge in [-0.05, 0) is 31.6 Å². The van der Waals surface area contributed by atoms with E-state index in [1.54, 1.807) is 0 Å². The summed E-state index contributed by atoms with van der Waals surface area (Å²) in [6, 6.07) is 1.23. The monoisotopic (exact) mass is 370 g/mol. The maximum Gasteiger partial charge on any atom is 0.250 e. The largest absolute Gasteiger partial charge is 0.368 e. The highest BCUT2D eigenvalue weighted by Gasteiger charge is 2.42. The lowest BCUT2D eigenvalue weighted by molar-refractivity contribution is -0.125. The van der Waals surface area contributed by atoms with Gasteiger partial charge < -0.3 is 20.5 Å².